The van der Waals surface area contributed by atoms with Gasteiger partial charge in [0, 0.05) is 18.1 Å². The van der Waals surface area contributed by atoms with Crippen LogP contribution in [0.4, 0.5) is 0 Å². The van der Waals surface area contributed by atoms with Gasteiger partial charge in [-0.2, -0.15) is 0 Å². The second-order valence-corrected chi connectivity index (χ2v) is 7.61. The van der Waals surface area contributed by atoms with Crippen molar-refractivity contribution in [3.8, 4) is 11.1 Å². The van der Waals surface area contributed by atoms with E-state index in [1.807, 2.05) is 42.6 Å². The predicted molar refractivity (Wildman–Crippen MR) is 106 cm³/mol. The molecule has 0 aliphatic heterocycles. The smallest absolute Gasteiger partial charge is 0.278 e. The van der Waals surface area contributed by atoms with E-state index in [0.717, 1.165) is 15.5 Å². The summed E-state index contributed by atoms with van der Waals surface area (Å²) in [6, 6.07) is 18.7. The number of carbonyl (C=O) groups excluding carboxylic acids is 1. The Bertz CT molecular complexity index is 831. The molecule has 0 fully saturated rings. The van der Waals surface area contributed by atoms with Crippen LogP contribution in [0.5, 0.6) is 0 Å². The molecule has 0 aliphatic rings. The van der Waals surface area contributed by atoms with Crippen molar-refractivity contribution in [2.45, 2.75) is 13.1 Å². The van der Waals surface area contributed by atoms with Crippen molar-refractivity contribution in [3.63, 3.8) is 0 Å². The highest BCUT2D eigenvalue weighted by Crippen LogP contribution is 2.21. The standard InChI is InChI=1S/C21H23N3OS/c1-23(2)16-21(25)24(15-20-22-11-12-26-20)14-17-7-6-10-19(13-17)18-8-4-3-5-9-18/h3-13H,14-16H2,1-2H3/p+1. The van der Waals surface area contributed by atoms with Gasteiger partial charge in [-0.05, 0) is 22.8 Å². The van der Waals surface area contributed by atoms with Crippen molar-refractivity contribution in [2.75, 3.05) is 20.6 Å². The third kappa shape index (κ3) is 5.00. The lowest BCUT2D eigenvalue weighted by atomic mass is 10.0. The molecule has 26 heavy (non-hydrogen) atoms. The fourth-order valence-corrected chi connectivity index (χ4v) is 3.47. The summed E-state index contributed by atoms with van der Waals surface area (Å²) in [5.41, 5.74) is 3.48. The molecular formula is C21H24N3OS+. The average Bonchev–Trinajstić information content (AvgIpc) is 3.15. The maximum atomic E-state index is 12.7. The first-order chi connectivity index (χ1) is 12.6. The minimum atomic E-state index is 0.144. The molecule has 1 heterocycles. The van der Waals surface area contributed by atoms with Gasteiger partial charge in [0.2, 0.25) is 0 Å². The maximum Gasteiger partial charge on any atom is 0.278 e. The quantitative estimate of drug-likeness (QED) is 0.698. The van der Waals surface area contributed by atoms with Gasteiger partial charge in [-0.1, -0.05) is 48.5 Å². The minimum absolute atomic E-state index is 0.144. The number of quaternary nitrogens is 1. The molecular weight excluding hydrogens is 342 g/mol. The molecule has 0 unspecified atom stereocenters. The molecule has 3 rings (SSSR count). The van der Waals surface area contributed by atoms with Crippen molar-refractivity contribution in [1.29, 1.82) is 0 Å². The number of rotatable bonds is 7. The molecule has 0 aliphatic carbocycles. The lowest BCUT2D eigenvalue weighted by Gasteiger charge is -2.22. The molecule has 0 saturated carbocycles. The van der Waals surface area contributed by atoms with Crippen molar-refractivity contribution in [1.82, 2.24) is 9.88 Å². The molecule has 0 saturated heterocycles. The highest BCUT2D eigenvalue weighted by molar-refractivity contribution is 7.09. The van der Waals surface area contributed by atoms with E-state index in [0.29, 0.717) is 19.6 Å². The zero-order valence-electron chi connectivity index (χ0n) is 15.2. The Morgan fingerprint density at radius 2 is 1.81 bits per heavy atom. The molecule has 4 nitrogen and oxygen atoms in total. The molecule has 0 bridgehead atoms. The summed E-state index contributed by atoms with van der Waals surface area (Å²) in [6.07, 6.45) is 1.79. The van der Waals surface area contributed by atoms with E-state index in [-0.39, 0.29) is 5.91 Å². The van der Waals surface area contributed by atoms with Gasteiger partial charge < -0.3 is 9.80 Å². The van der Waals surface area contributed by atoms with Crippen molar-refractivity contribution in [3.05, 3.63) is 76.7 Å². The zero-order chi connectivity index (χ0) is 18.4. The average molecular weight is 367 g/mol. The van der Waals surface area contributed by atoms with Crippen molar-refractivity contribution >= 4 is 17.2 Å². The van der Waals surface area contributed by atoms with E-state index < -0.39 is 0 Å². The largest absolute Gasteiger partial charge is 0.332 e. The molecule has 1 aromatic heterocycles. The minimum Gasteiger partial charge on any atom is -0.332 e. The molecule has 0 spiro atoms. The van der Waals surface area contributed by atoms with E-state index in [1.54, 1.807) is 17.5 Å². The first-order valence-electron chi connectivity index (χ1n) is 8.71. The van der Waals surface area contributed by atoms with Gasteiger partial charge in [0.15, 0.2) is 6.54 Å². The Hall–Kier alpha value is -2.50. The summed E-state index contributed by atoms with van der Waals surface area (Å²) in [4.78, 5) is 20.1. The SMILES string of the molecule is C[NH+](C)CC(=O)N(Cc1cccc(-c2ccccc2)c1)Cc1nccs1. The summed E-state index contributed by atoms with van der Waals surface area (Å²) < 4.78 is 0. The van der Waals surface area contributed by atoms with Crippen molar-refractivity contribution in [2.24, 2.45) is 0 Å². The third-order valence-corrected chi connectivity index (χ3v) is 4.84. The first-order valence-corrected chi connectivity index (χ1v) is 9.59. The van der Waals surface area contributed by atoms with E-state index in [1.165, 1.54) is 11.1 Å². The Labute approximate surface area is 158 Å². The van der Waals surface area contributed by atoms with E-state index in [2.05, 4.69) is 41.4 Å². The summed E-state index contributed by atoms with van der Waals surface area (Å²) in [5, 5.41) is 2.91. The van der Waals surface area contributed by atoms with Crippen molar-refractivity contribution < 1.29 is 9.69 Å². The van der Waals surface area contributed by atoms with E-state index in [9.17, 15) is 4.79 Å². The Balaban J connectivity index is 1.80. The second-order valence-electron chi connectivity index (χ2n) is 6.63. The first kappa shape index (κ1) is 18.3. The number of hydrogen-bond donors (Lipinski definition) is 1. The molecule has 5 heteroatoms. The highest BCUT2D eigenvalue weighted by atomic mass is 32.1. The van der Waals surface area contributed by atoms with Gasteiger partial charge >= 0.3 is 0 Å². The second kappa shape index (κ2) is 8.74. The Morgan fingerprint density at radius 3 is 2.50 bits per heavy atom. The van der Waals surface area contributed by atoms with Crippen LogP contribution in [0, 0.1) is 0 Å². The van der Waals surface area contributed by atoms with Crippen LogP contribution in [-0.4, -0.2) is 36.4 Å². The number of thiazole rings is 1. The van der Waals surface area contributed by atoms with Crippen LogP contribution < -0.4 is 4.90 Å². The monoisotopic (exact) mass is 366 g/mol. The van der Waals surface area contributed by atoms with Gasteiger partial charge in [-0.25, -0.2) is 4.98 Å². The van der Waals surface area contributed by atoms with Gasteiger partial charge in [0.05, 0.1) is 20.6 Å². The number of nitrogens with zero attached hydrogens (tertiary/aromatic N) is 2. The summed E-state index contributed by atoms with van der Waals surface area (Å²) in [7, 11) is 3.99. The zero-order valence-corrected chi connectivity index (χ0v) is 16.0. The number of nitrogens with one attached hydrogen (secondary N) is 1. The fraction of sp³-hybridized carbons (Fsp3) is 0.238. The number of amides is 1. The van der Waals surface area contributed by atoms with Crippen LogP contribution in [0.15, 0.2) is 66.2 Å². The lowest BCUT2D eigenvalue weighted by molar-refractivity contribution is -0.849. The summed E-state index contributed by atoms with van der Waals surface area (Å²) >= 11 is 1.59. The highest BCUT2D eigenvalue weighted by Gasteiger charge is 2.18. The summed E-state index contributed by atoms with van der Waals surface area (Å²) in [6.45, 7) is 1.62. The van der Waals surface area contributed by atoms with Gasteiger partial charge in [-0.15, -0.1) is 11.3 Å². The lowest BCUT2D eigenvalue weighted by Crippen LogP contribution is -3.07. The van der Waals surface area contributed by atoms with Crippen LogP contribution in [0.3, 0.4) is 0 Å². The maximum absolute atomic E-state index is 12.7. The third-order valence-electron chi connectivity index (χ3n) is 4.07. The normalized spacial score (nSPS) is 10.9. The number of carbonyl (C=O) groups is 1. The Morgan fingerprint density at radius 1 is 1.04 bits per heavy atom. The number of hydrogen-bond acceptors (Lipinski definition) is 3. The van der Waals surface area contributed by atoms with Gasteiger partial charge in [0.25, 0.3) is 5.91 Å². The van der Waals surface area contributed by atoms with Crippen LogP contribution in [-0.2, 0) is 17.9 Å². The van der Waals surface area contributed by atoms with Crippen LogP contribution in [0.2, 0.25) is 0 Å². The van der Waals surface area contributed by atoms with Crippen LogP contribution >= 0.6 is 11.3 Å². The molecule has 3 aromatic rings. The fourth-order valence-electron chi connectivity index (χ4n) is 2.84. The van der Waals surface area contributed by atoms with E-state index >= 15 is 0 Å². The molecule has 0 atom stereocenters. The molecule has 1 amide bonds. The number of aromatic nitrogens is 1. The predicted octanol–water partition coefficient (Wildman–Crippen LogP) is 2.48. The van der Waals surface area contributed by atoms with Gasteiger partial charge in [-0.3, -0.25) is 4.79 Å². The van der Waals surface area contributed by atoms with E-state index in [4.69, 9.17) is 0 Å². The van der Waals surface area contributed by atoms with Crippen LogP contribution in [0.1, 0.15) is 10.6 Å². The van der Waals surface area contributed by atoms with Crippen LogP contribution in [0.25, 0.3) is 11.1 Å². The molecule has 0 radical (unpaired) electrons. The Kier molecular flexibility index (Phi) is 6.15. The molecule has 2 aromatic carbocycles. The molecule has 134 valence electrons. The number of benzene rings is 2. The summed E-state index contributed by atoms with van der Waals surface area (Å²) in [5.74, 6) is 0.144. The number of likely N-dealkylation sites (N-methyl/N-ethyl adjacent to an activating group) is 1. The topological polar surface area (TPSA) is 37.6 Å². The molecule has 1 N–H and O–H groups in total. The van der Waals surface area contributed by atoms with Gasteiger partial charge in [0.1, 0.15) is 5.01 Å².